The Morgan fingerprint density at radius 1 is 1.00 bits per heavy atom. The summed E-state index contributed by atoms with van der Waals surface area (Å²) in [5.74, 6) is 0.304. The van der Waals surface area contributed by atoms with Crippen molar-refractivity contribution in [1.82, 2.24) is 20.0 Å². The number of carbonyl (C=O) groups excluding carboxylic acids is 2. The zero-order valence-electron chi connectivity index (χ0n) is 13.8. The van der Waals surface area contributed by atoms with E-state index in [1.54, 1.807) is 28.0 Å². The van der Waals surface area contributed by atoms with Crippen molar-refractivity contribution in [3.63, 3.8) is 0 Å². The largest absolute Gasteiger partial charge is 0.459 e. The van der Waals surface area contributed by atoms with Crippen LogP contribution < -0.4 is 0 Å². The van der Waals surface area contributed by atoms with Crippen LogP contribution in [0.4, 0.5) is 0 Å². The molecule has 0 unspecified atom stereocenters. The molecule has 2 aromatic rings. The first-order chi connectivity index (χ1) is 11.6. The number of hydrogen-bond acceptors (Lipinski definition) is 5. The number of furan rings is 1. The van der Waals surface area contributed by atoms with Gasteiger partial charge in [-0.1, -0.05) is 13.8 Å². The van der Waals surface area contributed by atoms with E-state index in [9.17, 15) is 9.59 Å². The highest BCUT2D eigenvalue weighted by atomic mass is 16.3. The van der Waals surface area contributed by atoms with E-state index in [4.69, 9.17) is 4.42 Å². The molecule has 1 aliphatic heterocycles. The lowest BCUT2D eigenvalue weighted by molar-refractivity contribution is 0.0514. The molecule has 0 saturated carbocycles. The summed E-state index contributed by atoms with van der Waals surface area (Å²) in [6, 6.07) is 6.88. The third-order valence-corrected chi connectivity index (χ3v) is 4.08. The molecule has 24 heavy (non-hydrogen) atoms. The molecule has 126 valence electrons. The molecule has 0 atom stereocenters. The van der Waals surface area contributed by atoms with Crippen molar-refractivity contribution >= 4 is 11.8 Å². The molecule has 0 aliphatic carbocycles. The Hall–Kier alpha value is -2.70. The fourth-order valence-corrected chi connectivity index (χ4v) is 2.60. The van der Waals surface area contributed by atoms with Crippen LogP contribution in [0.5, 0.6) is 0 Å². The fraction of sp³-hybridized carbons (Fsp3) is 0.412. The quantitative estimate of drug-likeness (QED) is 0.858. The molecule has 1 fully saturated rings. The van der Waals surface area contributed by atoms with Gasteiger partial charge in [-0.05, 0) is 30.2 Å². The summed E-state index contributed by atoms with van der Waals surface area (Å²) in [6.45, 7) is 5.95. The van der Waals surface area contributed by atoms with Gasteiger partial charge in [0, 0.05) is 26.2 Å². The van der Waals surface area contributed by atoms with E-state index in [1.165, 1.54) is 6.26 Å². The molecule has 3 heterocycles. The second kappa shape index (κ2) is 6.82. The Bertz CT molecular complexity index is 702. The summed E-state index contributed by atoms with van der Waals surface area (Å²) in [5, 5.41) is 8.13. The van der Waals surface area contributed by atoms with Crippen LogP contribution in [0, 0.1) is 0 Å². The van der Waals surface area contributed by atoms with Gasteiger partial charge in [0.1, 0.15) is 0 Å². The van der Waals surface area contributed by atoms with Crippen molar-refractivity contribution in [2.24, 2.45) is 0 Å². The molecular weight excluding hydrogens is 308 g/mol. The average molecular weight is 328 g/mol. The van der Waals surface area contributed by atoms with Crippen LogP contribution in [-0.2, 0) is 0 Å². The summed E-state index contributed by atoms with van der Waals surface area (Å²) < 4.78 is 5.13. The van der Waals surface area contributed by atoms with Crippen LogP contribution >= 0.6 is 0 Å². The minimum atomic E-state index is -0.150. The van der Waals surface area contributed by atoms with Crippen molar-refractivity contribution in [2.45, 2.75) is 19.8 Å². The summed E-state index contributed by atoms with van der Waals surface area (Å²) in [7, 11) is 0. The number of carbonyl (C=O) groups is 2. The van der Waals surface area contributed by atoms with E-state index in [-0.39, 0.29) is 17.7 Å². The lowest BCUT2D eigenvalue weighted by atomic mass is 10.1. The van der Waals surface area contributed by atoms with Crippen molar-refractivity contribution in [3.8, 4) is 0 Å². The van der Waals surface area contributed by atoms with Gasteiger partial charge < -0.3 is 14.2 Å². The number of amides is 2. The number of aromatic nitrogens is 2. The minimum absolute atomic E-state index is 0.145. The zero-order valence-corrected chi connectivity index (χ0v) is 13.8. The van der Waals surface area contributed by atoms with Crippen LogP contribution in [0.25, 0.3) is 0 Å². The third-order valence-electron chi connectivity index (χ3n) is 4.08. The molecule has 0 bridgehead atoms. The Balaban J connectivity index is 1.60. The molecule has 7 heteroatoms. The molecule has 3 rings (SSSR count). The number of rotatable bonds is 3. The lowest BCUT2D eigenvalue weighted by Gasteiger charge is -2.34. The highest BCUT2D eigenvalue weighted by molar-refractivity contribution is 5.93. The van der Waals surface area contributed by atoms with E-state index < -0.39 is 0 Å². The van der Waals surface area contributed by atoms with Crippen LogP contribution in [0.1, 0.15) is 46.5 Å². The second-order valence-electron chi connectivity index (χ2n) is 6.06. The third kappa shape index (κ3) is 3.29. The average Bonchev–Trinajstić information content (AvgIpc) is 3.15. The first kappa shape index (κ1) is 16.2. The molecule has 0 radical (unpaired) electrons. The number of piperazine rings is 1. The van der Waals surface area contributed by atoms with Gasteiger partial charge in [-0.15, -0.1) is 5.10 Å². The Morgan fingerprint density at radius 2 is 1.67 bits per heavy atom. The van der Waals surface area contributed by atoms with Gasteiger partial charge in [-0.25, -0.2) is 0 Å². The van der Waals surface area contributed by atoms with Crippen molar-refractivity contribution in [3.05, 3.63) is 47.7 Å². The van der Waals surface area contributed by atoms with Crippen LogP contribution in [0.2, 0.25) is 0 Å². The van der Waals surface area contributed by atoms with Gasteiger partial charge in [0.15, 0.2) is 11.5 Å². The minimum Gasteiger partial charge on any atom is -0.459 e. The van der Waals surface area contributed by atoms with Crippen molar-refractivity contribution < 1.29 is 14.0 Å². The molecular formula is C17H20N4O3. The van der Waals surface area contributed by atoms with Gasteiger partial charge in [-0.2, -0.15) is 5.10 Å². The first-order valence-corrected chi connectivity index (χ1v) is 8.02. The van der Waals surface area contributed by atoms with Gasteiger partial charge in [0.05, 0.1) is 12.0 Å². The summed E-state index contributed by atoms with van der Waals surface area (Å²) in [6.07, 6.45) is 1.48. The lowest BCUT2D eigenvalue weighted by Crippen LogP contribution is -2.50. The monoisotopic (exact) mass is 328 g/mol. The van der Waals surface area contributed by atoms with Crippen molar-refractivity contribution in [1.29, 1.82) is 0 Å². The van der Waals surface area contributed by atoms with E-state index in [2.05, 4.69) is 10.2 Å². The van der Waals surface area contributed by atoms with Gasteiger partial charge in [-0.3, -0.25) is 9.59 Å². The molecule has 0 N–H and O–H groups in total. The molecule has 2 amide bonds. The second-order valence-corrected chi connectivity index (χ2v) is 6.06. The summed E-state index contributed by atoms with van der Waals surface area (Å²) in [5.41, 5.74) is 1.20. The highest BCUT2D eigenvalue weighted by Gasteiger charge is 2.27. The maximum Gasteiger partial charge on any atom is 0.289 e. The smallest absolute Gasteiger partial charge is 0.289 e. The van der Waals surface area contributed by atoms with Gasteiger partial charge >= 0.3 is 0 Å². The van der Waals surface area contributed by atoms with E-state index in [1.807, 2.05) is 19.9 Å². The summed E-state index contributed by atoms with van der Waals surface area (Å²) in [4.78, 5) is 28.1. The maximum atomic E-state index is 12.5. The Labute approximate surface area is 140 Å². The highest BCUT2D eigenvalue weighted by Crippen LogP contribution is 2.13. The zero-order chi connectivity index (χ0) is 17.1. The fourth-order valence-electron chi connectivity index (χ4n) is 2.60. The van der Waals surface area contributed by atoms with Crippen LogP contribution in [0.3, 0.4) is 0 Å². The predicted molar refractivity (Wildman–Crippen MR) is 86.6 cm³/mol. The maximum absolute atomic E-state index is 12.5. The molecule has 2 aromatic heterocycles. The van der Waals surface area contributed by atoms with Gasteiger partial charge in [0.2, 0.25) is 0 Å². The SMILES string of the molecule is CC(C)c1ccc(C(=O)N2CCN(C(=O)c3ccco3)CC2)nn1. The molecule has 0 aromatic carbocycles. The Kier molecular flexibility index (Phi) is 4.59. The Morgan fingerprint density at radius 3 is 2.17 bits per heavy atom. The number of nitrogens with zero attached hydrogens (tertiary/aromatic N) is 4. The molecule has 7 nitrogen and oxygen atoms in total. The topological polar surface area (TPSA) is 79.5 Å². The predicted octanol–water partition coefficient (Wildman–Crippen LogP) is 1.79. The normalized spacial score (nSPS) is 15.0. The standard InChI is InChI=1S/C17H20N4O3/c1-12(2)13-5-6-14(19-18-13)16(22)20-7-9-21(10-8-20)17(23)15-4-3-11-24-15/h3-6,11-12H,7-10H2,1-2H3. The molecule has 1 aliphatic rings. The van der Waals surface area contributed by atoms with E-state index in [0.29, 0.717) is 37.6 Å². The van der Waals surface area contributed by atoms with Crippen LogP contribution in [0.15, 0.2) is 34.9 Å². The van der Waals surface area contributed by atoms with E-state index in [0.717, 1.165) is 5.69 Å². The first-order valence-electron chi connectivity index (χ1n) is 8.02. The summed E-state index contributed by atoms with van der Waals surface area (Å²) >= 11 is 0. The van der Waals surface area contributed by atoms with E-state index >= 15 is 0 Å². The van der Waals surface area contributed by atoms with Crippen molar-refractivity contribution in [2.75, 3.05) is 26.2 Å². The number of hydrogen-bond donors (Lipinski definition) is 0. The molecule has 0 spiro atoms. The van der Waals surface area contributed by atoms with Crippen LogP contribution in [-0.4, -0.2) is 58.0 Å². The van der Waals surface area contributed by atoms with Gasteiger partial charge in [0.25, 0.3) is 11.8 Å². The molecule has 1 saturated heterocycles.